The highest BCUT2D eigenvalue weighted by molar-refractivity contribution is 7.08. The van der Waals surface area contributed by atoms with Gasteiger partial charge in [-0.15, -0.1) is 0 Å². The predicted molar refractivity (Wildman–Crippen MR) is 81.9 cm³/mol. The van der Waals surface area contributed by atoms with Gasteiger partial charge in [0.2, 0.25) is 0 Å². The zero-order chi connectivity index (χ0) is 13.9. The van der Waals surface area contributed by atoms with Crippen molar-refractivity contribution in [1.82, 2.24) is 4.98 Å². The van der Waals surface area contributed by atoms with E-state index in [9.17, 15) is 9.90 Å². The number of carbonyl (C=O) groups is 1. The van der Waals surface area contributed by atoms with E-state index in [1.54, 1.807) is 23.5 Å². The standard InChI is InChI=1S/C16H11NO2S/c18-16(19)14-9-12(6-5-11-7-8-20-10-11)17-15-4-2-1-3-13(14)15/h1-10H,(H,18,19). The van der Waals surface area contributed by atoms with Crippen LogP contribution in [-0.4, -0.2) is 16.1 Å². The fraction of sp³-hybridized carbons (Fsp3) is 0. The summed E-state index contributed by atoms with van der Waals surface area (Å²) in [5.74, 6) is -0.936. The second-order valence-electron chi connectivity index (χ2n) is 4.31. The third kappa shape index (κ3) is 2.46. The Morgan fingerprint density at radius 3 is 2.80 bits per heavy atom. The van der Waals surface area contributed by atoms with E-state index in [-0.39, 0.29) is 5.56 Å². The van der Waals surface area contributed by atoms with Crippen molar-refractivity contribution in [3.63, 3.8) is 0 Å². The number of pyridine rings is 1. The van der Waals surface area contributed by atoms with Gasteiger partial charge in [0, 0.05) is 5.39 Å². The average molecular weight is 281 g/mol. The molecule has 1 aromatic carbocycles. The highest BCUT2D eigenvalue weighted by Gasteiger charge is 2.10. The molecule has 0 saturated heterocycles. The lowest BCUT2D eigenvalue weighted by molar-refractivity contribution is 0.0699. The fourth-order valence-corrected chi connectivity index (χ4v) is 2.64. The maximum absolute atomic E-state index is 11.3. The monoisotopic (exact) mass is 281 g/mol. The Bertz CT molecular complexity index is 791. The summed E-state index contributed by atoms with van der Waals surface area (Å²) in [4.78, 5) is 15.8. The molecule has 0 aliphatic carbocycles. The van der Waals surface area contributed by atoms with Crippen LogP contribution in [0.4, 0.5) is 0 Å². The molecule has 0 fully saturated rings. The smallest absolute Gasteiger partial charge is 0.336 e. The number of hydrogen-bond acceptors (Lipinski definition) is 3. The number of hydrogen-bond donors (Lipinski definition) is 1. The molecule has 3 aromatic rings. The summed E-state index contributed by atoms with van der Waals surface area (Å²) in [5, 5.41) is 14.0. The summed E-state index contributed by atoms with van der Waals surface area (Å²) >= 11 is 1.62. The van der Waals surface area contributed by atoms with Gasteiger partial charge in [0.25, 0.3) is 0 Å². The summed E-state index contributed by atoms with van der Waals surface area (Å²) < 4.78 is 0. The van der Waals surface area contributed by atoms with Crippen molar-refractivity contribution >= 4 is 40.4 Å². The van der Waals surface area contributed by atoms with Crippen LogP contribution in [0.15, 0.2) is 47.2 Å². The van der Waals surface area contributed by atoms with Crippen LogP contribution in [-0.2, 0) is 0 Å². The van der Waals surface area contributed by atoms with Crippen LogP contribution in [0.3, 0.4) is 0 Å². The Balaban J connectivity index is 2.10. The largest absolute Gasteiger partial charge is 0.478 e. The van der Waals surface area contributed by atoms with Crippen LogP contribution in [0.25, 0.3) is 23.1 Å². The Kier molecular flexibility index (Phi) is 3.31. The topological polar surface area (TPSA) is 50.2 Å². The number of nitrogens with zero attached hydrogens (tertiary/aromatic N) is 1. The molecule has 2 aromatic heterocycles. The molecule has 0 spiro atoms. The zero-order valence-electron chi connectivity index (χ0n) is 10.5. The Labute approximate surface area is 119 Å². The first-order chi connectivity index (χ1) is 9.74. The molecule has 0 aliphatic rings. The van der Waals surface area contributed by atoms with Crippen LogP contribution < -0.4 is 0 Å². The maximum Gasteiger partial charge on any atom is 0.336 e. The third-order valence-corrected chi connectivity index (χ3v) is 3.66. The normalized spacial score (nSPS) is 11.2. The number of carboxylic acids is 1. The van der Waals surface area contributed by atoms with Crippen molar-refractivity contribution in [2.24, 2.45) is 0 Å². The first-order valence-corrected chi connectivity index (χ1v) is 7.02. The molecule has 0 saturated carbocycles. The zero-order valence-corrected chi connectivity index (χ0v) is 11.3. The van der Waals surface area contributed by atoms with Crippen molar-refractivity contribution in [2.75, 3.05) is 0 Å². The van der Waals surface area contributed by atoms with Crippen molar-refractivity contribution in [3.8, 4) is 0 Å². The van der Waals surface area contributed by atoms with Gasteiger partial charge in [-0.1, -0.05) is 24.3 Å². The molecule has 20 heavy (non-hydrogen) atoms. The van der Waals surface area contributed by atoms with Gasteiger partial charge in [-0.3, -0.25) is 0 Å². The molecule has 0 bridgehead atoms. The molecular formula is C16H11NO2S. The van der Waals surface area contributed by atoms with Crippen LogP contribution in [0, 0.1) is 0 Å². The summed E-state index contributed by atoms with van der Waals surface area (Å²) in [6.45, 7) is 0. The Hall–Kier alpha value is -2.46. The van der Waals surface area contributed by atoms with Gasteiger partial charge >= 0.3 is 5.97 Å². The lowest BCUT2D eigenvalue weighted by Crippen LogP contribution is -1.99. The van der Waals surface area contributed by atoms with E-state index < -0.39 is 5.97 Å². The van der Waals surface area contributed by atoms with E-state index in [4.69, 9.17) is 0 Å². The molecule has 3 nitrogen and oxygen atoms in total. The molecule has 0 aliphatic heterocycles. The van der Waals surface area contributed by atoms with E-state index in [2.05, 4.69) is 4.98 Å². The Morgan fingerprint density at radius 2 is 2.05 bits per heavy atom. The second-order valence-corrected chi connectivity index (χ2v) is 5.09. The SMILES string of the molecule is O=C(O)c1cc(C=Cc2ccsc2)nc2ccccc12. The minimum atomic E-state index is -0.936. The van der Waals surface area contributed by atoms with E-state index in [0.717, 1.165) is 5.56 Å². The second kappa shape index (κ2) is 5.27. The van der Waals surface area contributed by atoms with Gasteiger partial charge in [-0.25, -0.2) is 9.78 Å². The number of aromatic carboxylic acids is 1. The number of fused-ring (bicyclic) bond motifs is 1. The van der Waals surface area contributed by atoms with E-state index in [1.165, 1.54) is 0 Å². The number of para-hydroxylation sites is 1. The van der Waals surface area contributed by atoms with Crippen molar-refractivity contribution in [1.29, 1.82) is 0 Å². The lowest BCUT2D eigenvalue weighted by Gasteiger charge is -2.03. The summed E-state index contributed by atoms with van der Waals surface area (Å²) in [7, 11) is 0. The molecule has 0 amide bonds. The summed E-state index contributed by atoms with van der Waals surface area (Å²) in [5.41, 5.74) is 2.70. The van der Waals surface area contributed by atoms with Gasteiger partial charge in [-0.05, 0) is 40.6 Å². The lowest BCUT2D eigenvalue weighted by atomic mass is 10.1. The molecule has 0 atom stereocenters. The van der Waals surface area contributed by atoms with Gasteiger partial charge < -0.3 is 5.11 Å². The predicted octanol–water partition coefficient (Wildman–Crippen LogP) is 4.16. The third-order valence-electron chi connectivity index (χ3n) is 2.96. The number of rotatable bonds is 3. The van der Waals surface area contributed by atoms with Crippen LogP contribution in [0.5, 0.6) is 0 Å². The van der Waals surface area contributed by atoms with Gasteiger partial charge in [-0.2, -0.15) is 11.3 Å². The van der Waals surface area contributed by atoms with Crippen molar-refractivity contribution < 1.29 is 9.90 Å². The maximum atomic E-state index is 11.3. The molecule has 0 unspecified atom stereocenters. The molecule has 4 heteroatoms. The van der Waals surface area contributed by atoms with Gasteiger partial charge in [0.05, 0.1) is 16.8 Å². The molecule has 98 valence electrons. The molecule has 1 N–H and O–H groups in total. The highest BCUT2D eigenvalue weighted by atomic mass is 32.1. The van der Waals surface area contributed by atoms with E-state index in [1.807, 2.05) is 47.2 Å². The van der Waals surface area contributed by atoms with E-state index in [0.29, 0.717) is 16.6 Å². The number of carboxylic acid groups (broad SMARTS) is 1. The Morgan fingerprint density at radius 1 is 1.20 bits per heavy atom. The number of thiophene rings is 1. The van der Waals surface area contributed by atoms with Crippen molar-refractivity contribution in [2.45, 2.75) is 0 Å². The fourth-order valence-electron chi connectivity index (χ4n) is 2.01. The minimum absolute atomic E-state index is 0.278. The first kappa shape index (κ1) is 12.6. The number of aromatic nitrogens is 1. The van der Waals surface area contributed by atoms with Crippen molar-refractivity contribution in [3.05, 3.63) is 64.0 Å². The van der Waals surface area contributed by atoms with Gasteiger partial charge in [0.15, 0.2) is 0 Å². The molecular weight excluding hydrogens is 270 g/mol. The molecule has 0 radical (unpaired) electrons. The van der Waals surface area contributed by atoms with E-state index >= 15 is 0 Å². The number of benzene rings is 1. The minimum Gasteiger partial charge on any atom is -0.478 e. The summed E-state index contributed by atoms with van der Waals surface area (Å²) in [6.07, 6.45) is 3.76. The summed E-state index contributed by atoms with van der Waals surface area (Å²) in [6, 6.07) is 10.9. The van der Waals surface area contributed by atoms with Crippen LogP contribution in [0.1, 0.15) is 21.6 Å². The van der Waals surface area contributed by atoms with Gasteiger partial charge in [0.1, 0.15) is 0 Å². The quantitative estimate of drug-likeness (QED) is 0.784. The molecule has 3 rings (SSSR count). The average Bonchev–Trinajstić information content (AvgIpc) is 2.97. The van der Waals surface area contributed by atoms with Crippen LogP contribution in [0.2, 0.25) is 0 Å². The molecule has 2 heterocycles. The first-order valence-electron chi connectivity index (χ1n) is 6.07. The highest BCUT2D eigenvalue weighted by Crippen LogP contribution is 2.20. The van der Waals surface area contributed by atoms with Crippen LogP contribution >= 0.6 is 11.3 Å².